The topological polar surface area (TPSA) is 231 Å². The molecule has 0 bridgehead atoms. The van der Waals surface area contributed by atoms with Gasteiger partial charge in [-0.2, -0.15) is 0 Å². The molecule has 2 heterocycles. The molecule has 15 nitrogen and oxygen atoms in total. The van der Waals surface area contributed by atoms with Gasteiger partial charge in [-0.1, -0.05) is 177 Å². The van der Waals surface area contributed by atoms with Gasteiger partial charge in [-0.25, -0.2) is 0 Å². The average molecular weight is 1050 g/mol. The van der Waals surface area contributed by atoms with Crippen molar-refractivity contribution in [2.45, 2.75) is 274 Å². The van der Waals surface area contributed by atoms with Gasteiger partial charge < -0.3 is 64.2 Å². The van der Waals surface area contributed by atoms with Gasteiger partial charge in [0, 0.05) is 12.8 Å². The van der Waals surface area contributed by atoms with Crippen molar-refractivity contribution < 1.29 is 73.8 Å². The van der Waals surface area contributed by atoms with Gasteiger partial charge in [0.25, 0.3) is 0 Å². The van der Waals surface area contributed by atoms with Gasteiger partial charge in [-0.15, -0.1) is 0 Å². The van der Waals surface area contributed by atoms with Crippen LogP contribution in [-0.4, -0.2) is 142 Å². The largest absolute Gasteiger partial charge is 0.462 e. The van der Waals surface area contributed by atoms with E-state index in [9.17, 15) is 45.3 Å². The fourth-order valence-electron chi connectivity index (χ4n) is 8.79. The van der Waals surface area contributed by atoms with Gasteiger partial charge >= 0.3 is 11.9 Å². The standard InChI is InChI=1S/C59H102O15/c1-3-5-7-9-11-13-15-17-19-20-21-22-23-24-25-26-28-29-31-33-35-37-39-41-50(61)69-44-47(72-51(62)42-40-38-36-34-32-30-27-18-16-14-12-10-8-6-4-2)45-70-58-57(68)55(66)53(64)49(74-58)46-71-59-56(67)54(65)52(63)48(43-60)73-59/h6,8,12,14-15,17-18,20-21,27,47-49,52-60,63-68H,3-5,7,9-11,13,16,19,22-26,28-46H2,1-2H3/b8-6-,14-12-,17-15-,21-20-,27-18-. The van der Waals surface area contributed by atoms with Crippen LogP contribution in [0.2, 0.25) is 0 Å². The minimum absolute atomic E-state index is 0.143. The molecule has 2 aliphatic rings. The SMILES string of the molecule is CC/C=C\C/C=C\C/C=C\CCCCCCCC(=O)OC(COC(=O)CCCCCCCCCCCCC/C=C\C/C=C\CCCCCCC)COC1OC(COC2OC(CO)C(O)C(O)C2O)C(O)C(O)C1O. The maximum absolute atomic E-state index is 13.0. The van der Waals surface area contributed by atoms with Crippen LogP contribution in [0.3, 0.4) is 0 Å². The third-order valence-electron chi connectivity index (χ3n) is 13.5. The molecule has 0 saturated carbocycles. The molecule has 0 aromatic rings. The zero-order chi connectivity index (χ0) is 53.9. The molecule has 7 N–H and O–H groups in total. The fourth-order valence-corrected chi connectivity index (χ4v) is 8.79. The summed E-state index contributed by atoms with van der Waals surface area (Å²) in [5, 5.41) is 72.2. The van der Waals surface area contributed by atoms with E-state index in [1.165, 1.54) is 83.5 Å². The van der Waals surface area contributed by atoms with Crippen molar-refractivity contribution in [2.75, 3.05) is 26.4 Å². The van der Waals surface area contributed by atoms with Gasteiger partial charge in [-0.3, -0.25) is 9.59 Å². The van der Waals surface area contributed by atoms with E-state index in [1.807, 2.05) is 0 Å². The summed E-state index contributed by atoms with van der Waals surface area (Å²) in [5.41, 5.74) is 0. The predicted molar refractivity (Wildman–Crippen MR) is 289 cm³/mol. The number of carbonyl (C=O) groups excluding carboxylic acids is 2. The second-order valence-electron chi connectivity index (χ2n) is 20.1. The Kier molecular flexibility index (Phi) is 41.2. The van der Waals surface area contributed by atoms with E-state index in [2.05, 4.69) is 74.6 Å². The number of unbranched alkanes of at least 4 members (excludes halogenated alkanes) is 21. The number of allylic oxidation sites excluding steroid dienone is 10. The van der Waals surface area contributed by atoms with Crippen molar-refractivity contribution in [3.63, 3.8) is 0 Å². The molecule has 0 aromatic heterocycles. The van der Waals surface area contributed by atoms with Gasteiger partial charge in [0.15, 0.2) is 18.7 Å². The van der Waals surface area contributed by atoms with Crippen molar-refractivity contribution in [3.8, 4) is 0 Å². The molecule has 0 aliphatic carbocycles. The molecule has 2 saturated heterocycles. The minimum atomic E-state index is -1.77. The van der Waals surface area contributed by atoms with Crippen LogP contribution in [0.1, 0.15) is 206 Å². The molecule has 2 rings (SSSR count). The molecule has 74 heavy (non-hydrogen) atoms. The number of hydrogen-bond acceptors (Lipinski definition) is 15. The lowest BCUT2D eigenvalue weighted by Crippen LogP contribution is -2.61. The second kappa shape index (κ2) is 45.2. The number of ether oxygens (including phenoxy) is 6. The molecule has 2 aliphatic heterocycles. The van der Waals surface area contributed by atoms with Crippen LogP contribution in [0.4, 0.5) is 0 Å². The summed E-state index contributed by atoms with van der Waals surface area (Å²) in [4.78, 5) is 25.9. The number of esters is 2. The Hall–Kier alpha value is -2.80. The van der Waals surface area contributed by atoms with Crippen LogP contribution in [0, 0.1) is 0 Å². The first-order valence-electron chi connectivity index (χ1n) is 28.9. The molecular weight excluding hydrogens is 949 g/mol. The summed E-state index contributed by atoms with van der Waals surface area (Å²) in [6.07, 6.45) is 36.7. The van der Waals surface area contributed by atoms with E-state index < -0.39 is 99.3 Å². The van der Waals surface area contributed by atoms with E-state index >= 15 is 0 Å². The van der Waals surface area contributed by atoms with E-state index in [-0.39, 0.29) is 19.4 Å². The Bertz CT molecular complexity index is 1520. The first-order valence-corrected chi connectivity index (χ1v) is 28.9. The summed E-state index contributed by atoms with van der Waals surface area (Å²) in [6, 6.07) is 0. The van der Waals surface area contributed by atoms with E-state index in [0.29, 0.717) is 12.8 Å². The lowest BCUT2D eigenvalue weighted by Gasteiger charge is -2.42. The zero-order valence-electron chi connectivity index (χ0n) is 45.6. The minimum Gasteiger partial charge on any atom is -0.462 e. The molecular formula is C59H102O15. The third-order valence-corrected chi connectivity index (χ3v) is 13.5. The smallest absolute Gasteiger partial charge is 0.306 e. The predicted octanol–water partition coefficient (Wildman–Crippen LogP) is 9.61. The maximum Gasteiger partial charge on any atom is 0.306 e. The molecule has 15 heteroatoms. The quantitative estimate of drug-likeness (QED) is 0.0171. The van der Waals surface area contributed by atoms with Crippen LogP contribution in [0.15, 0.2) is 60.8 Å². The number of aliphatic hydroxyl groups is 7. The molecule has 0 radical (unpaired) electrons. The maximum atomic E-state index is 13.0. The van der Waals surface area contributed by atoms with Crippen molar-refractivity contribution in [1.82, 2.24) is 0 Å². The Morgan fingerprint density at radius 2 is 0.851 bits per heavy atom. The lowest BCUT2D eigenvalue weighted by atomic mass is 9.98. The van der Waals surface area contributed by atoms with Gasteiger partial charge in [0.2, 0.25) is 0 Å². The summed E-state index contributed by atoms with van der Waals surface area (Å²) in [7, 11) is 0. The van der Waals surface area contributed by atoms with Crippen LogP contribution in [0.25, 0.3) is 0 Å². The number of rotatable bonds is 45. The number of hydrogen-bond donors (Lipinski definition) is 7. The molecule has 11 atom stereocenters. The molecule has 2 fully saturated rings. The van der Waals surface area contributed by atoms with Crippen molar-refractivity contribution >= 4 is 11.9 Å². The summed E-state index contributed by atoms with van der Waals surface area (Å²) >= 11 is 0. The van der Waals surface area contributed by atoms with Crippen molar-refractivity contribution in [1.29, 1.82) is 0 Å². The van der Waals surface area contributed by atoms with Gasteiger partial charge in [0.05, 0.1) is 19.8 Å². The Morgan fingerprint density at radius 3 is 1.34 bits per heavy atom. The lowest BCUT2D eigenvalue weighted by molar-refractivity contribution is -0.332. The Labute approximate surface area is 445 Å². The van der Waals surface area contributed by atoms with Gasteiger partial charge in [-0.05, 0) is 77.0 Å². The van der Waals surface area contributed by atoms with Crippen LogP contribution in [-0.2, 0) is 38.0 Å². The fraction of sp³-hybridized carbons (Fsp3) is 0.797. The molecule has 0 spiro atoms. The van der Waals surface area contributed by atoms with E-state index in [1.54, 1.807) is 0 Å². The highest BCUT2D eigenvalue weighted by atomic mass is 16.7. The van der Waals surface area contributed by atoms with Crippen molar-refractivity contribution in [2.24, 2.45) is 0 Å². The second-order valence-corrected chi connectivity index (χ2v) is 20.1. The first kappa shape index (κ1) is 67.3. The third kappa shape index (κ3) is 32.1. The average Bonchev–Trinajstić information content (AvgIpc) is 3.39. The monoisotopic (exact) mass is 1050 g/mol. The molecule has 0 aromatic carbocycles. The number of carbonyl (C=O) groups is 2. The summed E-state index contributed by atoms with van der Waals surface area (Å²) < 4.78 is 33.7. The Morgan fingerprint density at radius 1 is 0.446 bits per heavy atom. The van der Waals surface area contributed by atoms with Crippen LogP contribution < -0.4 is 0 Å². The van der Waals surface area contributed by atoms with Crippen molar-refractivity contribution in [3.05, 3.63) is 60.8 Å². The van der Waals surface area contributed by atoms with Crippen LogP contribution in [0.5, 0.6) is 0 Å². The summed E-state index contributed by atoms with van der Waals surface area (Å²) in [5.74, 6) is -0.946. The molecule has 0 amide bonds. The molecule has 11 unspecified atom stereocenters. The van der Waals surface area contributed by atoms with E-state index in [4.69, 9.17) is 28.4 Å². The highest BCUT2D eigenvalue weighted by Crippen LogP contribution is 2.27. The Balaban J connectivity index is 1.74. The zero-order valence-corrected chi connectivity index (χ0v) is 45.6. The molecule has 428 valence electrons. The van der Waals surface area contributed by atoms with Gasteiger partial charge in [0.1, 0.15) is 55.4 Å². The normalized spacial score (nSPS) is 25.1. The number of aliphatic hydroxyl groups excluding tert-OH is 7. The van der Waals surface area contributed by atoms with Crippen LogP contribution >= 0.6 is 0 Å². The highest BCUT2D eigenvalue weighted by Gasteiger charge is 2.47. The first-order chi connectivity index (χ1) is 36.0. The highest BCUT2D eigenvalue weighted by molar-refractivity contribution is 5.70. The van der Waals surface area contributed by atoms with E-state index in [0.717, 1.165) is 83.5 Å². The summed E-state index contributed by atoms with van der Waals surface area (Å²) in [6.45, 7) is 2.46.